The van der Waals surface area contributed by atoms with Crippen molar-refractivity contribution in [1.82, 2.24) is 10.6 Å². The fraction of sp³-hybridized carbons (Fsp3) is 0.600. The van der Waals surface area contributed by atoms with Crippen molar-refractivity contribution in [2.45, 2.75) is 19.5 Å². The highest BCUT2D eigenvalue weighted by atomic mass is 32.1. The Morgan fingerprint density at radius 1 is 1.60 bits per heavy atom. The summed E-state index contributed by atoms with van der Waals surface area (Å²) in [6.07, 6.45) is 0. The van der Waals surface area contributed by atoms with E-state index in [2.05, 4.69) is 15.6 Å². The summed E-state index contributed by atoms with van der Waals surface area (Å²) in [5.41, 5.74) is 5.04. The molecule has 4 N–H and O–H groups in total. The van der Waals surface area contributed by atoms with Gasteiger partial charge in [0.15, 0.2) is 11.1 Å². The molecule has 0 aromatic carbocycles. The summed E-state index contributed by atoms with van der Waals surface area (Å²) in [6.45, 7) is 3.79. The lowest BCUT2D eigenvalue weighted by molar-refractivity contribution is 0.473. The highest BCUT2D eigenvalue weighted by molar-refractivity contribution is 7.80. The third kappa shape index (κ3) is 1.57. The molecule has 0 bridgehead atoms. The molecule has 1 heterocycles. The number of thiocarbonyl (C=S) groups is 1. The number of hydrogen-bond acceptors (Lipinski definition) is 3. The summed E-state index contributed by atoms with van der Waals surface area (Å²) in [6, 6.07) is 0. The number of hydrogen-bond donors (Lipinski definition) is 3. The van der Waals surface area contributed by atoms with Gasteiger partial charge in [-0.25, -0.2) is 4.99 Å². The number of rotatable bonds is 0. The van der Waals surface area contributed by atoms with Crippen LogP contribution in [0.2, 0.25) is 0 Å². The predicted octanol–water partition coefficient (Wildman–Crippen LogP) is -0.485. The SMILES string of the molecule is CC1(C)N=C(N)NC(=S)N1. The van der Waals surface area contributed by atoms with Crippen LogP contribution in [0, 0.1) is 0 Å². The van der Waals surface area contributed by atoms with Crippen LogP contribution in [0.1, 0.15) is 13.8 Å². The fourth-order valence-electron chi connectivity index (χ4n) is 0.782. The summed E-state index contributed by atoms with van der Waals surface area (Å²) in [5, 5.41) is 6.15. The van der Waals surface area contributed by atoms with Gasteiger partial charge in [0.05, 0.1) is 0 Å². The second-order valence-electron chi connectivity index (χ2n) is 2.64. The Hall–Kier alpha value is -0.840. The summed E-state index contributed by atoms with van der Waals surface area (Å²) < 4.78 is 0. The highest BCUT2D eigenvalue weighted by Gasteiger charge is 2.21. The highest BCUT2D eigenvalue weighted by Crippen LogP contribution is 2.05. The van der Waals surface area contributed by atoms with E-state index in [1.807, 2.05) is 13.8 Å². The van der Waals surface area contributed by atoms with E-state index >= 15 is 0 Å². The normalized spacial score (nSPS) is 22.6. The second-order valence-corrected chi connectivity index (χ2v) is 3.04. The first-order valence-electron chi connectivity index (χ1n) is 2.94. The van der Waals surface area contributed by atoms with Gasteiger partial charge in [0, 0.05) is 0 Å². The Bertz CT molecular complexity index is 196. The molecule has 0 unspecified atom stereocenters. The quantitative estimate of drug-likeness (QED) is 0.416. The first-order valence-corrected chi connectivity index (χ1v) is 3.35. The third-order valence-corrected chi connectivity index (χ3v) is 1.27. The van der Waals surface area contributed by atoms with E-state index in [0.29, 0.717) is 11.1 Å². The van der Waals surface area contributed by atoms with Gasteiger partial charge in [0.1, 0.15) is 5.66 Å². The van der Waals surface area contributed by atoms with Crippen LogP contribution in [-0.2, 0) is 0 Å². The second kappa shape index (κ2) is 2.09. The van der Waals surface area contributed by atoms with E-state index < -0.39 is 0 Å². The maximum Gasteiger partial charge on any atom is 0.197 e. The van der Waals surface area contributed by atoms with Gasteiger partial charge < -0.3 is 16.4 Å². The molecule has 5 heteroatoms. The summed E-state index contributed by atoms with van der Waals surface area (Å²) >= 11 is 4.85. The third-order valence-electron chi connectivity index (χ3n) is 1.06. The van der Waals surface area contributed by atoms with Crippen molar-refractivity contribution in [2.75, 3.05) is 0 Å². The van der Waals surface area contributed by atoms with E-state index in [9.17, 15) is 0 Å². The van der Waals surface area contributed by atoms with E-state index in [0.717, 1.165) is 0 Å². The van der Waals surface area contributed by atoms with Crippen LogP contribution in [-0.4, -0.2) is 16.7 Å². The zero-order chi connectivity index (χ0) is 7.78. The summed E-state index contributed by atoms with van der Waals surface area (Å²) in [4.78, 5) is 4.05. The molecule has 1 aliphatic heterocycles. The standard InChI is InChI=1S/C5H10N4S/c1-5(2)8-3(6)7-4(10)9-5/h1-2H3,(H4,6,7,8,9,10). The molecule has 0 spiro atoms. The predicted molar refractivity (Wildman–Crippen MR) is 44.6 cm³/mol. The van der Waals surface area contributed by atoms with Gasteiger partial charge in [-0.3, -0.25) is 0 Å². The van der Waals surface area contributed by atoms with Crippen molar-refractivity contribution in [3.8, 4) is 0 Å². The van der Waals surface area contributed by atoms with Crippen LogP contribution in [0.5, 0.6) is 0 Å². The molecule has 0 saturated heterocycles. The topological polar surface area (TPSA) is 62.4 Å². The molecule has 0 aromatic rings. The average Bonchev–Trinajstić information content (AvgIpc) is 1.54. The minimum absolute atomic E-state index is 0.369. The Morgan fingerprint density at radius 3 is 2.60 bits per heavy atom. The molecule has 4 nitrogen and oxygen atoms in total. The Labute approximate surface area is 64.9 Å². The monoisotopic (exact) mass is 158 g/mol. The van der Waals surface area contributed by atoms with Gasteiger partial charge >= 0.3 is 0 Å². The van der Waals surface area contributed by atoms with Crippen LogP contribution in [0.4, 0.5) is 0 Å². The molecule has 0 radical (unpaired) electrons. The molecule has 0 atom stereocenters. The van der Waals surface area contributed by atoms with Crippen molar-refractivity contribution in [2.24, 2.45) is 10.7 Å². The fourth-order valence-corrected chi connectivity index (χ4v) is 1.14. The number of guanidine groups is 1. The van der Waals surface area contributed by atoms with Gasteiger partial charge in [-0.2, -0.15) is 0 Å². The molecule has 1 rings (SSSR count). The number of nitrogens with two attached hydrogens (primary N) is 1. The molecule has 0 amide bonds. The number of aliphatic imine (C=N–C) groups is 1. The molecule has 10 heavy (non-hydrogen) atoms. The van der Waals surface area contributed by atoms with E-state index in [1.165, 1.54) is 0 Å². The molecule has 0 aliphatic carbocycles. The minimum Gasteiger partial charge on any atom is -0.370 e. The van der Waals surface area contributed by atoms with Crippen molar-refractivity contribution >= 4 is 23.3 Å². The molecule has 56 valence electrons. The number of nitrogens with one attached hydrogen (secondary N) is 2. The Kier molecular flexibility index (Phi) is 1.52. The van der Waals surface area contributed by atoms with Crippen LogP contribution in [0.25, 0.3) is 0 Å². The average molecular weight is 158 g/mol. The van der Waals surface area contributed by atoms with Crippen molar-refractivity contribution in [1.29, 1.82) is 0 Å². The van der Waals surface area contributed by atoms with Crippen LogP contribution >= 0.6 is 12.2 Å². The van der Waals surface area contributed by atoms with Crippen molar-refractivity contribution in [3.63, 3.8) is 0 Å². The molecule has 0 aromatic heterocycles. The van der Waals surface area contributed by atoms with Crippen molar-refractivity contribution in [3.05, 3.63) is 0 Å². The van der Waals surface area contributed by atoms with E-state index in [1.54, 1.807) is 0 Å². The zero-order valence-corrected chi connectivity index (χ0v) is 6.75. The maximum atomic E-state index is 5.41. The van der Waals surface area contributed by atoms with Crippen LogP contribution in [0.3, 0.4) is 0 Å². The lowest BCUT2D eigenvalue weighted by Gasteiger charge is -2.28. The van der Waals surface area contributed by atoms with Gasteiger partial charge in [-0.05, 0) is 26.1 Å². The van der Waals surface area contributed by atoms with Crippen molar-refractivity contribution < 1.29 is 0 Å². The van der Waals surface area contributed by atoms with Gasteiger partial charge in [0.2, 0.25) is 0 Å². The lowest BCUT2D eigenvalue weighted by atomic mass is 10.2. The number of nitrogens with zero attached hydrogens (tertiary/aromatic N) is 1. The molecule has 0 fully saturated rings. The summed E-state index contributed by atoms with van der Waals surface area (Å²) in [7, 11) is 0. The lowest BCUT2D eigenvalue weighted by Crippen LogP contribution is -2.56. The molecule has 1 aliphatic rings. The Balaban J connectivity index is 2.83. The largest absolute Gasteiger partial charge is 0.370 e. The van der Waals surface area contributed by atoms with Crippen LogP contribution < -0.4 is 16.4 Å². The van der Waals surface area contributed by atoms with Gasteiger partial charge in [0.25, 0.3) is 0 Å². The summed E-state index contributed by atoms with van der Waals surface area (Å²) in [5.74, 6) is 0.369. The van der Waals surface area contributed by atoms with E-state index in [4.69, 9.17) is 18.0 Å². The first-order chi connectivity index (χ1) is 4.49. The maximum absolute atomic E-state index is 5.41. The Morgan fingerprint density at radius 2 is 2.20 bits per heavy atom. The molecular weight excluding hydrogens is 148 g/mol. The smallest absolute Gasteiger partial charge is 0.197 e. The van der Waals surface area contributed by atoms with Crippen LogP contribution in [0.15, 0.2) is 4.99 Å². The van der Waals surface area contributed by atoms with E-state index in [-0.39, 0.29) is 5.66 Å². The molecular formula is C5H10N4S. The zero-order valence-electron chi connectivity index (χ0n) is 5.93. The minimum atomic E-state index is -0.369. The molecule has 0 saturated carbocycles. The first kappa shape index (κ1) is 7.27. The van der Waals surface area contributed by atoms with Gasteiger partial charge in [-0.1, -0.05) is 0 Å². The van der Waals surface area contributed by atoms with Gasteiger partial charge in [-0.15, -0.1) is 0 Å².